The van der Waals surface area contributed by atoms with E-state index in [0.29, 0.717) is 25.7 Å². The summed E-state index contributed by atoms with van der Waals surface area (Å²) < 4.78 is 22.8. The largest absolute Gasteiger partial charge is 0.451 e. The Bertz CT molecular complexity index is 1240. The zero-order chi connectivity index (χ0) is 43.9. The quantitative estimate of drug-likeness (QED) is 0.120. The van der Waals surface area contributed by atoms with Crippen molar-refractivity contribution in [1.29, 1.82) is 0 Å². The summed E-state index contributed by atoms with van der Waals surface area (Å²) in [6, 6.07) is -2.39. The summed E-state index contributed by atoms with van der Waals surface area (Å²) in [6.45, 7) is 9.65. The van der Waals surface area contributed by atoms with Gasteiger partial charge >= 0.3 is 23.9 Å². The molecule has 58 heavy (non-hydrogen) atoms. The molecule has 16 heteroatoms. The van der Waals surface area contributed by atoms with E-state index in [1.54, 1.807) is 0 Å². The highest BCUT2D eigenvalue weighted by atomic mass is 16.6. The molecule has 1 saturated heterocycles. The molecule has 0 aromatic carbocycles. The Balaban J connectivity index is 3.68. The topological polar surface area (TPSA) is 186 Å². The summed E-state index contributed by atoms with van der Waals surface area (Å²) in [5.41, 5.74) is 0. The fourth-order valence-corrected chi connectivity index (χ4v) is 6.31. The minimum absolute atomic E-state index is 0.155. The van der Waals surface area contributed by atoms with Gasteiger partial charge in [0, 0.05) is 28.2 Å². The van der Waals surface area contributed by atoms with Crippen LogP contribution in [0, 0.1) is 0 Å². The Morgan fingerprint density at radius 2 is 0.672 bits per heavy atom. The van der Waals surface area contributed by atoms with Gasteiger partial charge in [0.1, 0.15) is 25.2 Å². The molecule has 1 heterocycles. The molecule has 332 valence electrons. The number of unbranched alkanes of at least 4 members (excludes halogenated alkanes) is 8. The Kier molecular flexibility index (Phi) is 24.5. The zero-order valence-electron chi connectivity index (χ0n) is 36.9. The van der Waals surface area contributed by atoms with Crippen molar-refractivity contribution in [3.8, 4) is 0 Å². The van der Waals surface area contributed by atoms with Gasteiger partial charge in [-0.25, -0.2) is 9.59 Å². The molecule has 0 N–H and O–H groups in total. The highest BCUT2D eigenvalue weighted by molar-refractivity contribution is 5.93. The summed E-state index contributed by atoms with van der Waals surface area (Å²) in [7, 11) is 5.46. The van der Waals surface area contributed by atoms with Crippen LogP contribution in [0.3, 0.4) is 0 Å². The summed E-state index contributed by atoms with van der Waals surface area (Å²) in [5, 5.41) is 0. The molecule has 0 spiro atoms. The van der Waals surface area contributed by atoms with Gasteiger partial charge < -0.3 is 38.5 Å². The lowest BCUT2D eigenvalue weighted by molar-refractivity contribution is -0.173. The second kappa shape index (κ2) is 27.4. The lowest BCUT2D eigenvalue weighted by Crippen LogP contribution is -2.51. The van der Waals surface area contributed by atoms with E-state index in [-0.39, 0.29) is 25.7 Å². The molecule has 0 saturated carbocycles. The number of rotatable bonds is 16. The molecule has 0 aromatic rings. The summed E-state index contributed by atoms with van der Waals surface area (Å²) in [6.07, 6.45) is 3.89. The smallest absolute Gasteiger partial charge is 0.329 e. The second-order valence-electron chi connectivity index (χ2n) is 15.4. The van der Waals surface area contributed by atoms with Crippen LogP contribution < -0.4 is 0 Å². The van der Waals surface area contributed by atoms with Gasteiger partial charge in [0.25, 0.3) is 23.6 Å². The maximum atomic E-state index is 13.8. The molecule has 1 fully saturated rings. The molecule has 4 amide bonds. The zero-order valence-corrected chi connectivity index (χ0v) is 36.9. The van der Waals surface area contributed by atoms with Crippen molar-refractivity contribution in [3.05, 3.63) is 0 Å². The van der Waals surface area contributed by atoms with Gasteiger partial charge in [-0.3, -0.25) is 28.8 Å². The number of carbonyl (C=O) groups excluding carboxylic acids is 8. The molecule has 0 radical (unpaired) electrons. The van der Waals surface area contributed by atoms with E-state index in [4.69, 9.17) is 18.9 Å². The molecule has 6 atom stereocenters. The predicted octanol–water partition coefficient (Wildman–Crippen LogP) is 4.58. The second-order valence-corrected chi connectivity index (χ2v) is 15.4. The minimum Gasteiger partial charge on any atom is -0.451 e. The van der Waals surface area contributed by atoms with E-state index in [1.807, 2.05) is 27.7 Å². The van der Waals surface area contributed by atoms with Crippen molar-refractivity contribution < 1.29 is 57.3 Å². The maximum absolute atomic E-state index is 13.8. The molecule has 1 rings (SSSR count). The molecule has 0 aliphatic carbocycles. The number of hydrogen-bond donors (Lipinski definition) is 0. The number of hydrogen-bond acceptors (Lipinski definition) is 12. The van der Waals surface area contributed by atoms with E-state index in [1.165, 1.54) is 42.0 Å². The average molecular weight is 825 g/mol. The monoisotopic (exact) mass is 825 g/mol. The molecular formula is C42H72N4O12. The van der Waals surface area contributed by atoms with Gasteiger partial charge in [0.2, 0.25) is 0 Å². The highest BCUT2D eigenvalue weighted by Gasteiger charge is 2.38. The Morgan fingerprint density at radius 1 is 0.414 bits per heavy atom. The SMILES string of the molecule is CCCCC[C@@H]1OC(=O)[C@@H](C)N(C)C(=O)[C@H](CCCCC)OC(=O)CN(C)C(=O)[C@H](CCCCC)OC(=O)[C@@H](C)N(C)C(=O)[C@H](CCCCC)OC(=O)CN(C)C1=O. The van der Waals surface area contributed by atoms with E-state index in [2.05, 4.69) is 0 Å². The standard InChI is InChI=1S/C42H72N4O12/c1-11-15-19-23-31-37(49)43(7)27-35(47)55-34(26-22-18-14-4)40(52)46(10)30(6)42(54)58-32(24-20-16-12-2)38(50)44(8)28-36(48)56-33(25-21-17-13-3)39(51)45(9)29(5)41(53)57-31/h29-34H,11-28H2,1-10H3/t29-,30-,31+,32+,33+,34+/m1/s1. The van der Waals surface area contributed by atoms with Crippen LogP contribution in [0.15, 0.2) is 0 Å². The number of carbonyl (C=O) groups is 8. The average Bonchev–Trinajstić information content (AvgIpc) is 3.19. The maximum Gasteiger partial charge on any atom is 0.329 e. The molecule has 1 aliphatic heterocycles. The Labute approximate surface area is 345 Å². The van der Waals surface area contributed by atoms with Crippen LogP contribution in [0.5, 0.6) is 0 Å². The highest BCUT2D eigenvalue weighted by Crippen LogP contribution is 2.19. The van der Waals surface area contributed by atoms with Gasteiger partial charge in [-0.05, 0) is 65.2 Å². The van der Waals surface area contributed by atoms with Crippen molar-refractivity contribution in [3.63, 3.8) is 0 Å². The minimum atomic E-state index is -1.29. The van der Waals surface area contributed by atoms with Crippen molar-refractivity contribution >= 4 is 47.5 Å². The molecule has 16 nitrogen and oxygen atoms in total. The molecule has 1 aliphatic rings. The first-order valence-corrected chi connectivity index (χ1v) is 21.3. The van der Waals surface area contributed by atoms with E-state index < -0.39 is 97.1 Å². The van der Waals surface area contributed by atoms with Crippen LogP contribution in [0.1, 0.15) is 144 Å². The van der Waals surface area contributed by atoms with Crippen LogP contribution in [0.25, 0.3) is 0 Å². The van der Waals surface area contributed by atoms with Gasteiger partial charge in [-0.2, -0.15) is 0 Å². The third kappa shape index (κ3) is 17.3. The lowest BCUT2D eigenvalue weighted by atomic mass is 10.1. The van der Waals surface area contributed by atoms with Crippen LogP contribution in [-0.4, -0.2) is 145 Å². The number of esters is 4. The molecule has 0 unspecified atom stereocenters. The van der Waals surface area contributed by atoms with Crippen molar-refractivity contribution in [2.24, 2.45) is 0 Å². The molecule has 0 bridgehead atoms. The van der Waals surface area contributed by atoms with Crippen LogP contribution in [-0.2, 0) is 57.3 Å². The first kappa shape index (κ1) is 51.8. The van der Waals surface area contributed by atoms with E-state index in [9.17, 15) is 38.4 Å². The Morgan fingerprint density at radius 3 is 0.931 bits per heavy atom. The normalized spacial score (nSPS) is 24.7. The first-order chi connectivity index (χ1) is 27.4. The lowest BCUT2D eigenvalue weighted by Gasteiger charge is -2.31. The summed E-state index contributed by atoms with van der Waals surface area (Å²) >= 11 is 0. The van der Waals surface area contributed by atoms with E-state index in [0.717, 1.165) is 71.0 Å². The van der Waals surface area contributed by atoms with Crippen LogP contribution >= 0.6 is 0 Å². The van der Waals surface area contributed by atoms with Crippen molar-refractivity contribution in [2.45, 2.75) is 181 Å². The fraction of sp³-hybridized carbons (Fsp3) is 0.810. The first-order valence-electron chi connectivity index (χ1n) is 21.3. The third-order valence-corrected chi connectivity index (χ3v) is 10.5. The number of cyclic esters (lactones) is 4. The summed E-state index contributed by atoms with van der Waals surface area (Å²) in [4.78, 5) is 113. The van der Waals surface area contributed by atoms with Gasteiger partial charge in [0.05, 0.1) is 0 Å². The van der Waals surface area contributed by atoms with Crippen molar-refractivity contribution in [1.82, 2.24) is 19.6 Å². The molecular weight excluding hydrogens is 752 g/mol. The number of amides is 4. The fourth-order valence-electron chi connectivity index (χ4n) is 6.31. The number of ether oxygens (including phenoxy) is 4. The van der Waals surface area contributed by atoms with Crippen LogP contribution in [0.2, 0.25) is 0 Å². The third-order valence-electron chi connectivity index (χ3n) is 10.5. The van der Waals surface area contributed by atoms with Gasteiger partial charge in [0.15, 0.2) is 24.4 Å². The molecule has 0 aromatic heterocycles. The summed E-state index contributed by atoms with van der Waals surface area (Å²) in [5.74, 6) is -6.18. The van der Waals surface area contributed by atoms with E-state index >= 15 is 0 Å². The van der Waals surface area contributed by atoms with Crippen LogP contribution in [0.4, 0.5) is 0 Å². The number of likely N-dealkylation sites (N-methyl/N-ethyl adjacent to an activating group) is 4. The number of nitrogens with zero attached hydrogens (tertiary/aromatic N) is 4. The van der Waals surface area contributed by atoms with Gasteiger partial charge in [-0.1, -0.05) is 79.1 Å². The van der Waals surface area contributed by atoms with Crippen molar-refractivity contribution in [2.75, 3.05) is 41.3 Å². The Hall–Kier alpha value is -4.24. The predicted molar refractivity (Wildman–Crippen MR) is 216 cm³/mol. The van der Waals surface area contributed by atoms with Gasteiger partial charge in [-0.15, -0.1) is 0 Å².